The van der Waals surface area contributed by atoms with Gasteiger partial charge in [-0.25, -0.2) is 4.98 Å². The van der Waals surface area contributed by atoms with Crippen LogP contribution in [0.3, 0.4) is 0 Å². The first-order valence-electron chi connectivity index (χ1n) is 10.3. The molecule has 2 aromatic rings. The molecule has 0 saturated carbocycles. The summed E-state index contributed by atoms with van der Waals surface area (Å²) in [5.41, 5.74) is 1.20. The molecule has 29 heavy (non-hydrogen) atoms. The second kappa shape index (κ2) is 8.32. The van der Waals surface area contributed by atoms with Crippen molar-refractivity contribution >= 4 is 17.5 Å². The molecule has 0 aliphatic carbocycles. The maximum atomic E-state index is 12.9. The summed E-state index contributed by atoms with van der Waals surface area (Å²) in [6, 6.07) is 3.65. The van der Waals surface area contributed by atoms with Crippen LogP contribution in [0.2, 0.25) is 0 Å². The lowest BCUT2D eigenvalue weighted by Gasteiger charge is -2.36. The lowest BCUT2D eigenvalue weighted by molar-refractivity contribution is -0.133. The summed E-state index contributed by atoms with van der Waals surface area (Å²) in [4.78, 5) is 48.1. The fourth-order valence-electron chi connectivity index (χ4n) is 4.04. The van der Waals surface area contributed by atoms with Gasteiger partial charge in [-0.2, -0.15) is 0 Å². The number of carbonyl (C=O) groups is 2. The van der Waals surface area contributed by atoms with E-state index in [4.69, 9.17) is 0 Å². The van der Waals surface area contributed by atoms with E-state index in [2.05, 4.69) is 9.88 Å². The summed E-state index contributed by atoms with van der Waals surface area (Å²) in [5, 5.41) is 0. The van der Waals surface area contributed by atoms with Gasteiger partial charge in [0.25, 0.3) is 11.5 Å². The fraction of sp³-hybridized carbons (Fsp3) is 0.524. The molecule has 0 radical (unpaired) electrons. The molecule has 8 nitrogen and oxygen atoms in total. The number of hydrogen-bond donors (Lipinski definition) is 0. The molecular formula is C21H27N5O3. The maximum absolute atomic E-state index is 12.9. The molecule has 2 amide bonds. The zero-order valence-corrected chi connectivity index (χ0v) is 16.8. The second-order valence-electron chi connectivity index (χ2n) is 7.92. The predicted molar refractivity (Wildman–Crippen MR) is 109 cm³/mol. The first-order valence-corrected chi connectivity index (χ1v) is 10.3. The van der Waals surface area contributed by atoms with Crippen molar-refractivity contribution in [3.05, 3.63) is 46.0 Å². The largest absolute Gasteiger partial charge is 0.342 e. The SMILES string of the molecule is Cc1ccc2ncc(C(=O)N3CCN(CC(=O)N4CCCCC4)CC3)c(=O)n2c1. The summed E-state index contributed by atoms with van der Waals surface area (Å²) < 4.78 is 1.43. The van der Waals surface area contributed by atoms with Gasteiger partial charge in [-0.05, 0) is 37.8 Å². The third-order valence-corrected chi connectivity index (χ3v) is 5.81. The van der Waals surface area contributed by atoms with Crippen molar-refractivity contribution in [1.82, 2.24) is 24.1 Å². The molecular weight excluding hydrogens is 370 g/mol. The van der Waals surface area contributed by atoms with Gasteiger partial charge >= 0.3 is 0 Å². The van der Waals surface area contributed by atoms with E-state index in [1.54, 1.807) is 17.2 Å². The Bertz CT molecular complexity index is 972. The molecule has 0 aromatic carbocycles. The Morgan fingerprint density at radius 2 is 1.69 bits per heavy atom. The molecule has 2 aliphatic heterocycles. The van der Waals surface area contributed by atoms with Gasteiger partial charge in [0.05, 0.1) is 6.54 Å². The number of pyridine rings is 1. The molecule has 2 aromatic heterocycles. The van der Waals surface area contributed by atoms with E-state index >= 15 is 0 Å². The van der Waals surface area contributed by atoms with Crippen LogP contribution in [-0.4, -0.2) is 81.7 Å². The number of fused-ring (bicyclic) bond motifs is 1. The highest BCUT2D eigenvalue weighted by Gasteiger charge is 2.27. The molecule has 0 atom stereocenters. The molecule has 4 heterocycles. The summed E-state index contributed by atoms with van der Waals surface area (Å²) in [7, 11) is 0. The van der Waals surface area contributed by atoms with E-state index in [0.29, 0.717) is 38.4 Å². The summed E-state index contributed by atoms with van der Waals surface area (Å²) in [6.07, 6.45) is 6.45. The maximum Gasteiger partial charge on any atom is 0.270 e. The Morgan fingerprint density at radius 3 is 2.41 bits per heavy atom. The lowest BCUT2D eigenvalue weighted by Crippen LogP contribution is -2.52. The van der Waals surface area contributed by atoms with E-state index in [1.165, 1.54) is 17.0 Å². The zero-order chi connectivity index (χ0) is 20.4. The molecule has 4 rings (SSSR count). The predicted octanol–water partition coefficient (Wildman–Crippen LogP) is 0.773. The Morgan fingerprint density at radius 1 is 0.966 bits per heavy atom. The average Bonchev–Trinajstić information content (AvgIpc) is 2.75. The summed E-state index contributed by atoms with van der Waals surface area (Å²) in [6.45, 7) is 6.28. The summed E-state index contributed by atoms with van der Waals surface area (Å²) >= 11 is 0. The van der Waals surface area contributed by atoms with Crippen LogP contribution in [0.1, 0.15) is 35.2 Å². The third-order valence-electron chi connectivity index (χ3n) is 5.81. The Kier molecular flexibility index (Phi) is 5.62. The van der Waals surface area contributed by atoms with E-state index < -0.39 is 0 Å². The van der Waals surface area contributed by atoms with Gasteiger partial charge in [-0.1, -0.05) is 6.07 Å². The summed E-state index contributed by atoms with van der Waals surface area (Å²) in [5.74, 6) is -0.114. The van der Waals surface area contributed by atoms with Crippen LogP contribution in [0.25, 0.3) is 5.65 Å². The number of piperidine rings is 1. The Labute approximate surface area is 169 Å². The van der Waals surface area contributed by atoms with Crippen molar-refractivity contribution < 1.29 is 9.59 Å². The first-order chi connectivity index (χ1) is 14.0. The fourth-order valence-corrected chi connectivity index (χ4v) is 4.04. The molecule has 154 valence electrons. The quantitative estimate of drug-likeness (QED) is 0.765. The minimum Gasteiger partial charge on any atom is -0.342 e. The smallest absolute Gasteiger partial charge is 0.270 e. The van der Waals surface area contributed by atoms with Crippen molar-refractivity contribution in [3.8, 4) is 0 Å². The molecule has 2 saturated heterocycles. The van der Waals surface area contributed by atoms with Crippen LogP contribution in [0.4, 0.5) is 0 Å². The number of likely N-dealkylation sites (tertiary alicyclic amines) is 1. The van der Waals surface area contributed by atoms with Crippen LogP contribution in [0, 0.1) is 6.92 Å². The first kappa shape index (κ1) is 19.6. The second-order valence-corrected chi connectivity index (χ2v) is 7.92. The Balaban J connectivity index is 1.39. The van der Waals surface area contributed by atoms with Crippen LogP contribution in [0.15, 0.2) is 29.3 Å². The van der Waals surface area contributed by atoms with Crippen LogP contribution >= 0.6 is 0 Å². The lowest BCUT2D eigenvalue weighted by atomic mass is 10.1. The Hall–Kier alpha value is -2.74. The van der Waals surface area contributed by atoms with E-state index in [9.17, 15) is 14.4 Å². The number of nitrogens with zero attached hydrogens (tertiary/aromatic N) is 5. The number of amides is 2. The van der Waals surface area contributed by atoms with Gasteiger partial charge in [0.15, 0.2) is 0 Å². The van der Waals surface area contributed by atoms with Crippen LogP contribution < -0.4 is 5.56 Å². The topological polar surface area (TPSA) is 78.2 Å². The van der Waals surface area contributed by atoms with Crippen molar-refractivity contribution in [2.75, 3.05) is 45.8 Å². The molecule has 2 aliphatic rings. The highest BCUT2D eigenvalue weighted by Crippen LogP contribution is 2.11. The van der Waals surface area contributed by atoms with Crippen molar-refractivity contribution in [2.24, 2.45) is 0 Å². The number of aromatic nitrogens is 2. The minimum absolute atomic E-state index is 0.0888. The van der Waals surface area contributed by atoms with Crippen LogP contribution in [-0.2, 0) is 4.79 Å². The van der Waals surface area contributed by atoms with Gasteiger partial charge < -0.3 is 9.80 Å². The standard InChI is InChI=1S/C21H27N5O3/c1-16-5-6-18-22-13-17(21(29)26(18)14-16)20(28)25-11-9-23(10-12-25)15-19(27)24-7-3-2-4-8-24/h5-6,13-14H,2-4,7-12,15H2,1H3. The van der Waals surface area contributed by atoms with Crippen molar-refractivity contribution in [2.45, 2.75) is 26.2 Å². The van der Waals surface area contributed by atoms with Gasteiger partial charge in [-0.15, -0.1) is 0 Å². The van der Waals surface area contributed by atoms with E-state index in [-0.39, 0.29) is 22.9 Å². The number of hydrogen-bond acceptors (Lipinski definition) is 5. The monoisotopic (exact) mass is 397 g/mol. The molecule has 0 N–H and O–H groups in total. The van der Waals surface area contributed by atoms with Crippen molar-refractivity contribution in [3.63, 3.8) is 0 Å². The van der Waals surface area contributed by atoms with Gasteiger partial charge in [0.2, 0.25) is 5.91 Å². The van der Waals surface area contributed by atoms with E-state index in [0.717, 1.165) is 31.5 Å². The highest BCUT2D eigenvalue weighted by atomic mass is 16.2. The highest BCUT2D eigenvalue weighted by molar-refractivity contribution is 5.93. The minimum atomic E-state index is -0.341. The number of rotatable bonds is 3. The molecule has 0 unspecified atom stereocenters. The molecule has 8 heteroatoms. The number of piperazine rings is 1. The molecule has 0 bridgehead atoms. The van der Waals surface area contributed by atoms with Gasteiger partial charge in [-0.3, -0.25) is 23.7 Å². The van der Waals surface area contributed by atoms with Gasteiger partial charge in [0.1, 0.15) is 11.2 Å². The average molecular weight is 397 g/mol. The zero-order valence-electron chi connectivity index (χ0n) is 16.8. The van der Waals surface area contributed by atoms with Crippen LogP contribution in [0.5, 0.6) is 0 Å². The van der Waals surface area contributed by atoms with Gasteiger partial charge in [0, 0.05) is 51.7 Å². The number of carbonyl (C=O) groups excluding carboxylic acids is 2. The molecule has 0 spiro atoms. The third kappa shape index (κ3) is 4.17. The number of aryl methyl sites for hydroxylation is 1. The van der Waals surface area contributed by atoms with Crippen molar-refractivity contribution in [1.29, 1.82) is 0 Å². The normalized spacial score (nSPS) is 18.2. The molecule has 2 fully saturated rings. The van der Waals surface area contributed by atoms with E-state index in [1.807, 2.05) is 17.9 Å².